The molecular formula is C13H19NO4. The SMILES string of the molecule is O=C(CC(=O)N[C@@H]1CCOC1=O)CC1CCCC1. The first kappa shape index (κ1) is 13.1. The van der Waals surface area contributed by atoms with Crippen molar-refractivity contribution >= 4 is 17.7 Å². The van der Waals surface area contributed by atoms with Crippen LogP contribution in [0.5, 0.6) is 0 Å². The summed E-state index contributed by atoms with van der Waals surface area (Å²) in [5, 5.41) is 2.55. The van der Waals surface area contributed by atoms with E-state index >= 15 is 0 Å². The van der Waals surface area contributed by atoms with Gasteiger partial charge in [-0.2, -0.15) is 0 Å². The van der Waals surface area contributed by atoms with Gasteiger partial charge in [0.15, 0.2) is 0 Å². The molecule has 0 aromatic carbocycles. The second-order valence-electron chi connectivity index (χ2n) is 5.15. The normalized spacial score (nSPS) is 24.0. The van der Waals surface area contributed by atoms with E-state index in [4.69, 9.17) is 4.74 Å². The molecule has 2 rings (SSSR count). The van der Waals surface area contributed by atoms with Crippen molar-refractivity contribution in [1.82, 2.24) is 5.32 Å². The van der Waals surface area contributed by atoms with Crippen LogP contribution in [0.25, 0.3) is 0 Å². The van der Waals surface area contributed by atoms with Gasteiger partial charge < -0.3 is 10.1 Å². The Bertz CT molecular complexity index is 347. The summed E-state index contributed by atoms with van der Waals surface area (Å²) < 4.78 is 4.74. The van der Waals surface area contributed by atoms with E-state index in [9.17, 15) is 14.4 Å². The average Bonchev–Trinajstić information content (AvgIpc) is 2.91. The predicted octanol–water partition coefficient (Wildman–Crippen LogP) is 0.958. The number of Topliss-reactive ketones (excluding diaryl/α,β-unsaturated/α-hetero) is 1. The summed E-state index contributed by atoms with van der Waals surface area (Å²) in [5.74, 6) is -0.319. The molecule has 0 aromatic rings. The van der Waals surface area contributed by atoms with Crippen LogP contribution in [0.2, 0.25) is 0 Å². The third-order valence-corrected chi connectivity index (χ3v) is 3.62. The Labute approximate surface area is 106 Å². The molecule has 1 saturated carbocycles. The Morgan fingerprint density at radius 3 is 2.56 bits per heavy atom. The molecule has 1 aliphatic heterocycles. The minimum absolute atomic E-state index is 0.0224. The number of esters is 1. The van der Waals surface area contributed by atoms with Gasteiger partial charge in [0, 0.05) is 12.8 Å². The van der Waals surface area contributed by atoms with E-state index in [1.807, 2.05) is 0 Å². The zero-order chi connectivity index (χ0) is 13.0. The van der Waals surface area contributed by atoms with Crippen molar-refractivity contribution in [1.29, 1.82) is 0 Å². The first-order valence-corrected chi connectivity index (χ1v) is 6.63. The minimum atomic E-state index is -0.559. The molecule has 100 valence electrons. The van der Waals surface area contributed by atoms with Crippen LogP contribution in [0.4, 0.5) is 0 Å². The number of nitrogens with one attached hydrogen (secondary N) is 1. The van der Waals surface area contributed by atoms with E-state index < -0.39 is 12.0 Å². The minimum Gasteiger partial charge on any atom is -0.464 e. The summed E-state index contributed by atoms with van der Waals surface area (Å²) >= 11 is 0. The van der Waals surface area contributed by atoms with Gasteiger partial charge in [-0.15, -0.1) is 0 Å². The topological polar surface area (TPSA) is 72.5 Å². The molecule has 0 bridgehead atoms. The van der Waals surface area contributed by atoms with Gasteiger partial charge in [-0.1, -0.05) is 25.7 Å². The van der Waals surface area contributed by atoms with Gasteiger partial charge >= 0.3 is 5.97 Å². The zero-order valence-corrected chi connectivity index (χ0v) is 10.4. The van der Waals surface area contributed by atoms with Crippen molar-refractivity contribution in [2.45, 2.75) is 51.0 Å². The number of carbonyl (C=O) groups is 3. The van der Waals surface area contributed by atoms with Crippen LogP contribution in [0.1, 0.15) is 44.9 Å². The van der Waals surface area contributed by atoms with Crippen molar-refractivity contribution in [2.24, 2.45) is 5.92 Å². The Morgan fingerprint density at radius 2 is 1.94 bits per heavy atom. The molecule has 5 heteroatoms. The molecule has 2 aliphatic rings. The van der Waals surface area contributed by atoms with Gasteiger partial charge in [-0.3, -0.25) is 9.59 Å². The zero-order valence-electron chi connectivity index (χ0n) is 10.4. The maximum absolute atomic E-state index is 11.7. The van der Waals surface area contributed by atoms with E-state index in [1.54, 1.807) is 0 Å². The number of hydrogen-bond donors (Lipinski definition) is 1. The largest absolute Gasteiger partial charge is 0.464 e. The molecule has 1 saturated heterocycles. The highest BCUT2D eigenvalue weighted by atomic mass is 16.5. The fraction of sp³-hybridized carbons (Fsp3) is 0.769. The molecule has 1 amide bonds. The Balaban J connectivity index is 1.69. The molecule has 0 aromatic heterocycles. The Kier molecular flexibility index (Phi) is 4.33. The molecule has 1 N–H and O–H groups in total. The van der Waals surface area contributed by atoms with Crippen LogP contribution in [-0.2, 0) is 19.1 Å². The lowest BCUT2D eigenvalue weighted by molar-refractivity contribution is -0.142. The lowest BCUT2D eigenvalue weighted by Gasteiger charge is -2.10. The molecule has 0 unspecified atom stereocenters. The summed E-state index contributed by atoms with van der Waals surface area (Å²) in [4.78, 5) is 34.4. The van der Waals surface area contributed by atoms with Crippen LogP contribution in [0, 0.1) is 5.92 Å². The lowest BCUT2D eigenvalue weighted by atomic mass is 9.99. The van der Waals surface area contributed by atoms with Crippen molar-refractivity contribution in [3.05, 3.63) is 0 Å². The van der Waals surface area contributed by atoms with Crippen molar-refractivity contribution in [2.75, 3.05) is 6.61 Å². The standard InChI is InChI=1S/C13H19NO4/c15-10(7-9-3-1-2-4-9)8-12(16)14-11-5-6-18-13(11)17/h9,11H,1-8H2,(H,14,16)/t11-/m1/s1. The number of amides is 1. The van der Waals surface area contributed by atoms with Crippen molar-refractivity contribution in [3.8, 4) is 0 Å². The first-order valence-electron chi connectivity index (χ1n) is 6.63. The van der Waals surface area contributed by atoms with Gasteiger partial charge in [0.1, 0.15) is 11.8 Å². The molecule has 0 radical (unpaired) electrons. The fourth-order valence-electron chi connectivity index (χ4n) is 2.66. The summed E-state index contributed by atoms with van der Waals surface area (Å²) in [5.41, 5.74) is 0. The molecule has 1 heterocycles. The quantitative estimate of drug-likeness (QED) is 0.585. The third kappa shape index (κ3) is 3.55. The fourth-order valence-corrected chi connectivity index (χ4v) is 2.66. The Morgan fingerprint density at radius 1 is 1.22 bits per heavy atom. The van der Waals surface area contributed by atoms with Crippen LogP contribution in [0.15, 0.2) is 0 Å². The average molecular weight is 253 g/mol. The van der Waals surface area contributed by atoms with E-state index in [2.05, 4.69) is 5.32 Å². The van der Waals surface area contributed by atoms with Crippen LogP contribution in [0.3, 0.4) is 0 Å². The van der Waals surface area contributed by atoms with E-state index in [1.165, 1.54) is 12.8 Å². The molecule has 18 heavy (non-hydrogen) atoms. The van der Waals surface area contributed by atoms with E-state index in [0.29, 0.717) is 25.4 Å². The second-order valence-corrected chi connectivity index (χ2v) is 5.15. The molecule has 1 aliphatic carbocycles. The highest BCUT2D eigenvalue weighted by Gasteiger charge is 2.28. The van der Waals surface area contributed by atoms with Gasteiger partial charge in [0.2, 0.25) is 5.91 Å². The molecule has 2 fully saturated rings. The first-order chi connectivity index (χ1) is 8.65. The van der Waals surface area contributed by atoms with Crippen molar-refractivity contribution in [3.63, 3.8) is 0 Å². The smallest absolute Gasteiger partial charge is 0.328 e. The lowest BCUT2D eigenvalue weighted by Crippen LogP contribution is -2.38. The number of ether oxygens (including phenoxy) is 1. The van der Waals surface area contributed by atoms with Crippen LogP contribution < -0.4 is 5.32 Å². The number of carbonyl (C=O) groups excluding carboxylic acids is 3. The number of rotatable bonds is 5. The van der Waals surface area contributed by atoms with E-state index in [0.717, 1.165) is 12.8 Å². The van der Waals surface area contributed by atoms with Gasteiger partial charge in [-0.25, -0.2) is 4.79 Å². The predicted molar refractivity (Wildman–Crippen MR) is 63.7 cm³/mol. The summed E-state index contributed by atoms with van der Waals surface area (Å²) in [7, 11) is 0. The van der Waals surface area contributed by atoms with Gasteiger partial charge in [-0.05, 0) is 5.92 Å². The van der Waals surface area contributed by atoms with Crippen LogP contribution >= 0.6 is 0 Å². The molecule has 0 spiro atoms. The monoisotopic (exact) mass is 253 g/mol. The molecule has 5 nitrogen and oxygen atoms in total. The highest BCUT2D eigenvalue weighted by Crippen LogP contribution is 2.27. The van der Waals surface area contributed by atoms with Crippen LogP contribution in [-0.4, -0.2) is 30.3 Å². The van der Waals surface area contributed by atoms with Gasteiger partial charge in [0.25, 0.3) is 0 Å². The molecular weight excluding hydrogens is 234 g/mol. The number of hydrogen-bond acceptors (Lipinski definition) is 4. The number of ketones is 1. The summed E-state index contributed by atoms with van der Waals surface area (Å²) in [6.07, 6.45) is 5.48. The van der Waals surface area contributed by atoms with Gasteiger partial charge in [0.05, 0.1) is 13.0 Å². The van der Waals surface area contributed by atoms with E-state index in [-0.39, 0.29) is 18.1 Å². The maximum atomic E-state index is 11.7. The Hall–Kier alpha value is -1.39. The highest BCUT2D eigenvalue weighted by molar-refractivity contribution is 5.99. The maximum Gasteiger partial charge on any atom is 0.328 e. The summed E-state index contributed by atoms with van der Waals surface area (Å²) in [6.45, 7) is 0.347. The summed E-state index contributed by atoms with van der Waals surface area (Å²) in [6, 6.07) is -0.559. The number of cyclic esters (lactones) is 1. The molecule has 1 atom stereocenters. The third-order valence-electron chi connectivity index (χ3n) is 3.62. The second kappa shape index (κ2) is 5.98. The van der Waals surface area contributed by atoms with Crippen molar-refractivity contribution < 1.29 is 19.1 Å².